The summed E-state index contributed by atoms with van der Waals surface area (Å²) in [4.78, 5) is 31.5. The van der Waals surface area contributed by atoms with Crippen molar-refractivity contribution in [2.75, 3.05) is 12.4 Å². The van der Waals surface area contributed by atoms with Gasteiger partial charge in [-0.05, 0) is 55.8 Å². The molecule has 5 rings (SSSR count). The van der Waals surface area contributed by atoms with E-state index in [-0.39, 0.29) is 5.56 Å². The summed E-state index contributed by atoms with van der Waals surface area (Å²) in [6.45, 7) is 7.27. The van der Waals surface area contributed by atoms with Crippen molar-refractivity contribution in [3.63, 3.8) is 0 Å². The first-order valence-electron chi connectivity index (χ1n) is 12.0. The van der Waals surface area contributed by atoms with Crippen LogP contribution in [0.3, 0.4) is 0 Å². The van der Waals surface area contributed by atoms with Crippen molar-refractivity contribution in [2.24, 2.45) is 9.98 Å². The highest BCUT2D eigenvalue weighted by molar-refractivity contribution is 7.14. The van der Waals surface area contributed by atoms with Crippen LogP contribution < -0.4 is 10.9 Å². The minimum Gasteiger partial charge on any atom is -0.378 e. The number of hydrogen-bond acceptors (Lipinski definition) is 6. The average molecular weight is 525 g/mol. The standard InChI is InChI=1S/C29H25FN6OS/c1-17-13-20(15-33-26(17)30)22-12-8-9-19-14-23(36(29(37)24(19)22)21-10-6-5-7-11-21)18(2)35-27(31-3)25-28(32-4)38-16-34-25/h5-16,18,32H,3H2,1-2,4H3/t18-/m0/s1. The molecule has 0 saturated carbocycles. The number of hydrogen-bond donors (Lipinski definition) is 1. The van der Waals surface area contributed by atoms with Gasteiger partial charge in [0.1, 0.15) is 10.7 Å². The van der Waals surface area contributed by atoms with Crippen molar-refractivity contribution in [3.05, 3.63) is 106 Å². The monoisotopic (exact) mass is 524 g/mol. The number of aryl methyl sites for hydroxylation is 1. The number of para-hydroxylation sites is 1. The molecule has 3 heterocycles. The maximum atomic E-state index is 14.2. The molecule has 0 radical (unpaired) electrons. The number of benzene rings is 2. The Morgan fingerprint density at radius 3 is 2.63 bits per heavy atom. The number of rotatable bonds is 6. The number of amidine groups is 1. The lowest BCUT2D eigenvalue weighted by molar-refractivity contribution is 0.575. The van der Waals surface area contributed by atoms with Gasteiger partial charge in [0.05, 0.1) is 22.6 Å². The zero-order valence-electron chi connectivity index (χ0n) is 21.1. The van der Waals surface area contributed by atoms with Crippen molar-refractivity contribution >= 4 is 39.7 Å². The van der Waals surface area contributed by atoms with Crippen molar-refractivity contribution in [3.8, 4) is 16.8 Å². The quantitative estimate of drug-likeness (QED) is 0.163. The first-order chi connectivity index (χ1) is 18.4. The van der Waals surface area contributed by atoms with Gasteiger partial charge in [0, 0.05) is 30.1 Å². The normalized spacial score (nSPS) is 12.5. The van der Waals surface area contributed by atoms with Crippen LogP contribution in [-0.4, -0.2) is 34.1 Å². The van der Waals surface area contributed by atoms with Gasteiger partial charge in [-0.15, -0.1) is 11.3 Å². The van der Waals surface area contributed by atoms with Crippen molar-refractivity contribution < 1.29 is 4.39 Å². The molecular weight excluding hydrogens is 499 g/mol. The summed E-state index contributed by atoms with van der Waals surface area (Å²) >= 11 is 1.45. The van der Waals surface area contributed by atoms with Crippen LogP contribution in [-0.2, 0) is 0 Å². The summed E-state index contributed by atoms with van der Waals surface area (Å²) in [6.07, 6.45) is 1.46. The molecule has 9 heteroatoms. The molecular formula is C29H25FN6OS. The van der Waals surface area contributed by atoms with E-state index < -0.39 is 12.0 Å². The minimum atomic E-state index is -0.530. The van der Waals surface area contributed by atoms with E-state index in [0.717, 1.165) is 10.4 Å². The highest BCUT2D eigenvalue weighted by atomic mass is 32.1. The Morgan fingerprint density at radius 2 is 1.92 bits per heavy atom. The molecule has 0 aliphatic carbocycles. The van der Waals surface area contributed by atoms with Crippen molar-refractivity contribution in [1.29, 1.82) is 0 Å². The number of halogens is 1. The summed E-state index contributed by atoms with van der Waals surface area (Å²) in [5, 5.41) is 5.20. The molecule has 1 N–H and O–H groups in total. The summed E-state index contributed by atoms with van der Waals surface area (Å²) in [7, 11) is 1.81. The zero-order valence-corrected chi connectivity index (χ0v) is 22.0. The molecule has 0 unspecified atom stereocenters. The molecule has 0 amide bonds. The molecule has 5 aromatic rings. The predicted octanol–water partition coefficient (Wildman–Crippen LogP) is 6.21. The van der Waals surface area contributed by atoms with Gasteiger partial charge >= 0.3 is 0 Å². The molecule has 0 saturated heterocycles. The fourth-order valence-corrected chi connectivity index (χ4v) is 5.13. The van der Waals surface area contributed by atoms with E-state index >= 15 is 0 Å². The minimum absolute atomic E-state index is 0.207. The topological polar surface area (TPSA) is 84.5 Å². The van der Waals surface area contributed by atoms with Crippen LogP contribution in [0.4, 0.5) is 9.39 Å². The summed E-state index contributed by atoms with van der Waals surface area (Å²) in [6, 6.07) is 18.3. The Labute approximate surface area is 223 Å². The molecule has 0 aliphatic rings. The van der Waals surface area contributed by atoms with Crippen LogP contribution in [0.2, 0.25) is 0 Å². The van der Waals surface area contributed by atoms with E-state index in [2.05, 4.69) is 27.0 Å². The van der Waals surface area contributed by atoms with E-state index in [1.807, 2.05) is 68.6 Å². The largest absolute Gasteiger partial charge is 0.378 e. The fraction of sp³-hybridized carbons (Fsp3) is 0.138. The molecule has 2 aromatic carbocycles. The number of thiazole rings is 1. The van der Waals surface area contributed by atoms with Gasteiger partial charge in [0.15, 0.2) is 5.84 Å². The molecule has 0 spiro atoms. The Balaban J connectivity index is 1.77. The van der Waals surface area contributed by atoms with Gasteiger partial charge in [0.25, 0.3) is 5.56 Å². The highest BCUT2D eigenvalue weighted by Crippen LogP contribution is 2.31. The van der Waals surface area contributed by atoms with Crippen molar-refractivity contribution in [2.45, 2.75) is 19.9 Å². The van der Waals surface area contributed by atoms with Crippen LogP contribution in [0, 0.1) is 12.9 Å². The zero-order chi connectivity index (χ0) is 26.8. The number of fused-ring (bicyclic) bond motifs is 1. The van der Waals surface area contributed by atoms with E-state index in [4.69, 9.17) is 4.99 Å². The Bertz CT molecular complexity index is 1740. The molecule has 1 atom stereocenters. The molecule has 7 nitrogen and oxygen atoms in total. The van der Waals surface area contributed by atoms with E-state index in [1.165, 1.54) is 17.5 Å². The smallest absolute Gasteiger partial charge is 0.263 e. The number of nitrogens with zero attached hydrogens (tertiary/aromatic N) is 5. The first-order valence-corrected chi connectivity index (χ1v) is 12.8. The van der Waals surface area contributed by atoms with Crippen LogP contribution in [0.1, 0.15) is 29.9 Å². The second-order valence-corrected chi connectivity index (χ2v) is 9.57. The third kappa shape index (κ3) is 4.52. The molecule has 0 bridgehead atoms. The number of anilines is 1. The second kappa shape index (κ2) is 10.5. The molecule has 38 heavy (non-hydrogen) atoms. The van der Waals surface area contributed by atoms with E-state index in [0.29, 0.717) is 45.0 Å². The molecule has 0 fully saturated rings. The maximum absolute atomic E-state index is 14.2. The fourth-order valence-electron chi connectivity index (χ4n) is 4.49. The number of aromatic nitrogens is 3. The lowest BCUT2D eigenvalue weighted by Crippen LogP contribution is -2.24. The second-order valence-electron chi connectivity index (χ2n) is 8.71. The lowest BCUT2D eigenvalue weighted by Gasteiger charge is -2.19. The van der Waals surface area contributed by atoms with Crippen molar-refractivity contribution in [1.82, 2.24) is 14.5 Å². The lowest BCUT2D eigenvalue weighted by atomic mass is 9.98. The van der Waals surface area contributed by atoms with Crippen LogP contribution >= 0.6 is 11.3 Å². The SMILES string of the molecule is C=NC(=N[C@@H](C)c1cc2cccc(-c3cnc(F)c(C)c3)c2c(=O)n1-c1ccccc1)c1ncsc1NC. The number of aliphatic imine (C=N–C) groups is 2. The third-order valence-corrected chi connectivity index (χ3v) is 7.16. The van der Waals surface area contributed by atoms with Gasteiger partial charge in [-0.1, -0.05) is 36.4 Å². The molecule has 190 valence electrons. The van der Waals surface area contributed by atoms with Crippen LogP contribution in [0.25, 0.3) is 27.6 Å². The summed E-state index contributed by atoms with van der Waals surface area (Å²) in [5.41, 5.74) is 5.28. The van der Waals surface area contributed by atoms with E-state index in [9.17, 15) is 9.18 Å². The van der Waals surface area contributed by atoms with Gasteiger partial charge < -0.3 is 5.32 Å². The third-order valence-electron chi connectivity index (χ3n) is 6.32. The number of pyridine rings is 2. The summed E-state index contributed by atoms with van der Waals surface area (Å²) in [5.74, 6) is -0.144. The Morgan fingerprint density at radius 1 is 1.13 bits per heavy atom. The number of nitrogens with one attached hydrogen (secondary N) is 1. The average Bonchev–Trinajstić information content (AvgIpc) is 3.42. The van der Waals surface area contributed by atoms with E-state index in [1.54, 1.807) is 23.1 Å². The predicted molar refractivity (Wildman–Crippen MR) is 154 cm³/mol. The van der Waals surface area contributed by atoms with Gasteiger partial charge in [-0.3, -0.25) is 14.4 Å². The maximum Gasteiger partial charge on any atom is 0.263 e. The van der Waals surface area contributed by atoms with Gasteiger partial charge in [-0.2, -0.15) is 4.39 Å². The highest BCUT2D eigenvalue weighted by Gasteiger charge is 2.20. The van der Waals surface area contributed by atoms with Crippen LogP contribution in [0.5, 0.6) is 0 Å². The summed E-state index contributed by atoms with van der Waals surface area (Å²) < 4.78 is 15.6. The first kappa shape index (κ1) is 25.2. The molecule has 3 aromatic heterocycles. The Kier molecular flexibility index (Phi) is 6.93. The van der Waals surface area contributed by atoms with Crippen LogP contribution in [0.15, 0.2) is 87.2 Å². The Hall–Kier alpha value is -4.50. The molecule has 0 aliphatic heterocycles. The van der Waals surface area contributed by atoms with Gasteiger partial charge in [-0.25, -0.2) is 15.0 Å². The van der Waals surface area contributed by atoms with Gasteiger partial charge in [0.2, 0.25) is 5.95 Å².